The number of nitrogens with one attached hydrogen (secondary N) is 2. The number of fused-ring (bicyclic) bond motifs is 3. The van der Waals surface area contributed by atoms with Crippen molar-refractivity contribution >= 4 is 38.6 Å². The molecule has 2 aliphatic heterocycles. The molecule has 2 fully saturated rings. The molecule has 2 unspecified atom stereocenters. The third kappa shape index (κ3) is 6.15. The Hall–Kier alpha value is -4.55. The average Bonchev–Trinajstić information content (AvgIpc) is 3.75. The molecule has 5 aromatic rings. The van der Waals surface area contributed by atoms with Crippen molar-refractivity contribution in [3.05, 3.63) is 89.6 Å². The first-order chi connectivity index (χ1) is 22.5. The second-order valence-electron chi connectivity index (χ2n) is 13.8. The molecule has 3 aromatic carbocycles. The Morgan fingerprint density at radius 3 is 2.32 bits per heavy atom. The number of anilines is 2. The molecule has 4 heterocycles. The number of urea groups is 1. The van der Waals surface area contributed by atoms with Gasteiger partial charge >= 0.3 is 6.03 Å². The van der Waals surface area contributed by atoms with E-state index >= 15 is 0 Å². The molecule has 2 N–H and O–H groups in total. The first-order valence-corrected chi connectivity index (χ1v) is 17.5. The van der Waals surface area contributed by atoms with E-state index in [9.17, 15) is 13.2 Å². The fourth-order valence-corrected chi connectivity index (χ4v) is 9.00. The fraction of sp³-hybridized carbons (Fsp3) is 0.371. The van der Waals surface area contributed by atoms with Crippen molar-refractivity contribution in [1.82, 2.24) is 24.4 Å². The first-order valence-electron chi connectivity index (χ1n) is 16.0. The van der Waals surface area contributed by atoms with Crippen LogP contribution in [-0.2, 0) is 21.9 Å². The maximum Gasteiger partial charge on any atom is 0.324 e. The molecule has 244 valence electrons. The molecule has 2 amide bonds. The van der Waals surface area contributed by atoms with Gasteiger partial charge in [-0.1, -0.05) is 56.7 Å². The maximum atomic E-state index is 13.8. The number of hydrogen-bond acceptors (Lipinski definition) is 7. The minimum absolute atomic E-state index is 0.0457. The van der Waals surface area contributed by atoms with Crippen LogP contribution < -0.4 is 10.6 Å². The highest BCUT2D eigenvalue weighted by Gasteiger charge is 2.47. The van der Waals surface area contributed by atoms with E-state index in [1.54, 1.807) is 27.2 Å². The number of rotatable bonds is 7. The van der Waals surface area contributed by atoms with Crippen molar-refractivity contribution in [2.75, 3.05) is 10.6 Å². The van der Waals surface area contributed by atoms with E-state index in [4.69, 9.17) is 9.73 Å². The SMILES string of the molecule is Cc1ccc(-n2nc(C(C)(C)C)cc2NC(=O)Nc2ccc(CC3CC4CCC(C3)N4S(=O)(=O)c3cccc4nonc34)cc2)cc1. The summed E-state index contributed by atoms with van der Waals surface area (Å²) in [6.45, 7) is 8.31. The summed E-state index contributed by atoms with van der Waals surface area (Å²) in [5.74, 6) is 0.954. The lowest BCUT2D eigenvalue weighted by Gasteiger charge is -2.38. The van der Waals surface area contributed by atoms with Gasteiger partial charge in [0.25, 0.3) is 0 Å². The summed E-state index contributed by atoms with van der Waals surface area (Å²) in [5, 5.41) is 18.4. The first kappa shape index (κ1) is 31.1. The van der Waals surface area contributed by atoms with E-state index in [1.165, 1.54) is 0 Å². The average molecular weight is 654 g/mol. The number of piperidine rings is 1. The fourth-order valence-electron chi connectivity index (χ4n) is 6.96. The number of amides is 2. The van der Waals surface area contributed by atoms with E-state index in [0.29, 0.717) is 22.9 Å². The summed E-state index contributed by atoms with van der Waals surface area (Å²) < 4.78 is 35.9. The summed E-state index contributed by atoms with van der Waals surface area (Å²) in [6, 6.07) is 22.3. The van der Waals surface area contributed by atoms with Crippen molar-refractivity contribution in [3.63, 3.8) is 0 Å². The summed E-state index contributed by atoms with van der Waals surface area (Å²) in [4.78, 5) is 13.3. The quantitative estimate of drug-likeness (QED) is 0.197. The van der Waals surface area contributed by atoms with Crippen LogP contribution >= 0.6 is 0 Å². The van der Waals surface area contributed by atoms with Crippen LogP contribution in [0.15, 0.2) is 82.3 Å². The van der Waals surface area contributed by atoms with Crippen LogP contribution in [0.5, 0.6) is 0 Å². The topological polar surface area (TPSA) is 135 Å². The summed E-state index contributed by atoms with van der Waals surface area (Å²) >= 11 is 0. The largest absolute Gasteiger partial charge is 0.324 e. The predicted molar refractivity (Wildman–Crippen MR) is 180 cm³/mol. The van der Waals surface area contributed by atoms with Crippen molar-refractivity contribution < 1.29 is 17.8 Å². The van der Waals surface area contributed by atoms with E-state index in [-0.39, 0.29) is 33.9 Å². The lowest BCUT2D eigenvalue weighted by atomic mass is 9.87. The molecule has 2 aromatic heterocycles. The minimum Gasteiger partial charge on any atom is -0.308 e. The molecule has 2 saturated heterocycles. The van der Waals surface area contributed by atoms with E-state index < -0.39 is 10.0 Å². The number of benzene rings is 3. The summed E-state index contributed by atoms with van der Waals surface area (Å²) in [5.41, 5.74) is 5.26. The van der Waals surface area contributed by atoms with Gasteiger partial charge in [-0.25, -0.2) is 22.5 Å². The van der Waals surface area contributed by atoms with Gasteiger partial charge in [-0.05, 0) is 97.2 Å². The Bertz CT molecular complexity index is 2010. The molecule has 0 saturated carbocycles. The monoisotopic (exact) mass is 653 g/mol. The third-order valence-corrected chi connectivity index (χ3v) is 11.3. The molecule has 2 aliphatic rings. The zero-order valence-electron chi connectivity index (χ0n) is 27.0. The van der Waals surface area contributed by atoms with Crippen LogP contribution in [0.3, 0.4) is 0 Å². The number of aryl methyl sites for hydroxylation is 1. The van der Waals surface area contributed by atoms with Gasteiger partial charge in [0.05, 0.1) is 11.4 Å². The number of aromatic nitrogens is 4. The molecular formula is C35H39N7O4S. The molecule has 2 atom stereocenters. The molecule has 0 radical (unpaired) electrons. The van der Waals surface area contributed by atoms with Gasteiger partial charge in [-0.3, -0.25) is 5.32 Å². The van der Waals surface area contributed by atoms with Crippen molar-refractivity contribution in [2.24, 2.45) is 5.92 Å². The highest BCUT2D eigenvalue weighted by atomic mass is 32.2. The normalized spacial score (nSPS) is 20.0. The zero-order chi connectivity index (χ0) is 32.9. The Labute approximate surface area is 274 Å². The lowest BCUT2D eigenvalue weighted by Crippen LogP contribution is -2.46. The lowest BCUT2D eigenvalue weighted by molar-refractivity contribution is 0.190. The highest BCUT2D eigenvalue weighted by molar-refractivity contribution is 7.89. The van der Waals surface area contributed by atoms with E-state index in [0.717, 1.165) is 54.6 Å². The van der Waals surface area contributed by atoms with Gasteiger partial charge in [0.15, 0.2) is 5.52 Å². The van der Waals surface area contributed by atoms with Gasteiger partial charge in [0.1, 0.15) is 16.2 Å². The second-order valence-corrected chi connectivity index (χ2v) is 15.6. The minimum atomic E-state index is -3.74. The summed E-state index contributed by atoms with van der Waals surface area (Å²) in [7, 11) is -3.74. The van der Waals surface area contributed by atoms with Gasteiger partial charge < -0.3 is 5.32 Å². The smallest absolute Gasteiger partial charge is 0.308 e. The van der Waals surface area contributed by atoms with Crippen LogP contribution in [0.2, 0.25) is 0 Å². The molecule has 7 rings (SSSR count). The number of hydrogen-bond donors (Lipinski definition) is 2. The molecule has 0 aliphatic carbocycles. The van der Waals surface area contributed by atoms with E-state index in [2.05, 4.69) is 41.7 Å². The Kier molecular flexibility index (Phi) is 7.88. The summed E-state index contributed by atoms with van der Waals surface area (Å²) in [6.07, 6.45) is 4.16. The van der Waals surface area contributed by atoms with Gasteiger partial charge in [0.2, 0.25) is 10.0 Å². The number of nitrogens with zero attached hydrogens (tertiary/aromatic N) is 5. The molecule has 47 heavy (non-hydrogen) atoms. The van der Waals surface area contributed by atoms with E-state index in [1.807, 2.05) is 61.5 Å². The Morgan fingerprint density at radius 1 is 0.936 bits per heavy atom. The Balaban J connectivity index is 0.993. The second kappa shape index (κ2) is 11.9. The van der Waals surface area contributed by atoms with Crippen LogP contribution in [0, 0.1) is 12.8 Å². The molecule has 12 heteroatoms. The maximum absolute atomic E-state index is 13.8. The molecule has 11 nitrogen and oxygen atoms in total. The van der Waals surface area contributed by atoms with Crippen LogP contribution in [0.4, 0.5) is 16.3 Å². The van der Waals surface area contributed by atoms with Crippen molar-refractivity contribution in [3.8, 4) is 5.69 Å². The van der Waals surface area contributed by atoms with Crippen molar-refractivity contribution in [2.45, 2.75) is 82.2 Å². The van der Waals surface area contributed by atoms with Crippen LogP contribution in [0.1, 0.15) is 63.3 Å². The Morgan fingerprint density at radius 2 is 1.64 bits per heavy atom. The van der Waals surface area contributed by atoms with Crippen LogP contribution in [-0.4, -0.2) is 50.9 Å². The van der Waals surface area contributed by atoms with Crippen LogP contribution in [0.25, 0.3) is 16.7 Å². The predicted octanol–water partition coefficient (Wildman–Crippen LogP) is 6.83. The number of carbonyl (C=O) groups is 1. The molecular weight excluding hydrogens is 614 g/mol. The molecule has 0 spiro atoms. The number of carbonyl (C=O) groups excluding carboxylic acids is 1. The third-order valence-electron chi connectivity index (χ3n) is 9.30. The zero-order valence-corrected chi connectivity index (χ0v) is 27.8. The number of sulfonamides is 1. The van der Waals surface area contributed by atoms with Gasteiger partial charge in [-0.15, -0.1) is 0 Å². The standard InChI is InChI=1S/C35H39N7O4S/c1-22-8-14-26(15-9-22)41-32(21-31(38-41)35(2,3)4)37-34(43)36-25-12-10-23(11-13-25)18-24-19-27-16-17-28(20-24)42(27)47(44,45)30-7-5-6-29-33(30)40-46-39-29/h5-15,21,24,27-28H,16-20H2,1-4H3,(H2,36,37,43). The molecule has 2 bridgehead atoms. The van der Waals surface area contributed by atoms with Gasteiger partial charge in [0, 0.05) is 29.3 Å². The highest BCUT2D eigenvalue weighted by Crippen LogP contribution is 2.43. The van der Waals surface area contributed by atoms with Crippen molar-refractivity contribution in [1.29, 1.82) is 0 Å². The van der Waals surface area contributed by atoms with Gasteiger partial charge in [-0.2, -0.15) is 9.40 Å².